The van der Waals surface area contributed by atoms with Crippen LogP contribution in [0.4, 0.5) is 5.82 Å². The van der Waals surface area contributed by atoms with E-state index in [4.69, 9.17) is 4.52 Å². The lowest BCUT2D eigenvalue weighted by molar-refractivity contribution is -0.115. The van der Waals surface area contributed by atoms with Gasteiger partial charge in [-0.05, 0) is 26.0 Å². The molecule has 2 aromatic heterocycles. The number of fused-ring (bicyclic) bond motifs is 1. The average molecular weight is 370 g/mol. The Bertz CT molecular complexity index is 1020. The van der Waals surface area contributed by atoms with Crippen molar-refractivity contribution in [2.24, 2.45) is 0 Å². The van der Waals surface area contributed by atoms with Crippen molar-refractivity contribution in [2.45, 2.75) is 30.8 Å². The Kier molecular flexibility index (Phi) is 5.22. The van der Waals surface area contributed by atoms with E-state index in [0.717, 1.165) is 0 Å². The second-order valence-electron chi connectivity index (χ2n) is 5.69. The van der Waals surface area contributed by atoms with Gasteiger partial charge >= 0.3 is 0 Å². The summed E-state index contributed by atoms with van der Waals surface area (Å²) in [6.45, 7) is 7.50. The molecule has 2 heterocycles. The zero-order valence-corrected chi connectivity index (χ0v) is 15.2. The van der Waals surface area contributed by atoms with Crippen LogP contribution in [-0.4, -0.2) is 25.9 Å². The molecule has 7 nitrogen and oxygen atoms in total. The first-order valence-corrected chi connectivity index (χ1v) is 8.89. The summed E-state index contributed by atoms with van der Waals surface area (Å²) in [4.78, 5) is 29.7. The second-order valence-corrected chi connectivity index (χ2v) is 7.00. The summed E-state index contributed by atoms with van der Waals surface area (Å²) in [5.74, 6) is 0.711. The van der Waals surface area contributed by atoms with Gasteiger partial charge in [-0.3, -0.25) is 14.2 Å². The fraction of sp³-hybridized carbons (Fsp3) is 0.222. The highest BCUT2D eigenvalue weighted by atomic mass is 32.2. The fourth-order valence-electron chi connectivity index (χ4n) is 2.39. The lowest BCUT2D eigenvalue weighted by atomic mass is 10.2. The van der Waals surface area contributed by atoms with Crippen LogP contribution in [0.15, 0.2) is 57.5 Å². The van der Waals surface area contributed by atoms with Gasteiger partial charge in [0.05, 0.1) is 16.2 Å². The zero-order valence-electron chi connectivity index (χ0n) is 14.4. The maximum absolute atomic E-state index is 12.7. The van der Waals surface area contributed by atoms with Gasteiger partial charge in [0.1, 0.15) is 5.76 Å². The first kappa shape index (κ1) is 17.9. The number of thioether (sulfide) groups is 1. The molecule has 1 unspecified atom stereocenters. The van der Waals surface area contributed by atoms with Crippen molar-refractivity contribution >= 4 is 34.4 Å². The Hall–Kier alpha value is -2.87. The quantitative estimate of drug-likeness (QED) is 0.407. The summed E-state index contributed by atoms with van der Waals surface area (Å²) in [7, 11) is 0. The van der Waals surface area contributed by atoms with Crippen molar-refractivity contribution in [1.82, 2.24) is 14.7 Å². The number of hydrogen-bond acceptors (Lipinski definition) is 6. The van der Waals surface area contributed by atoms with E-state index in [2.05, 4.69) is 22.0 Å². The minimum absolute atomic E-state index is 0.155. The molecule has 26 heavy (non-hydrogen) atoms. The third-order valence-corrected chi connectivity index (χ3v) is 4.76. The first-order valence-electron chi connectivity index (χ1n) is 8.01. The van der Waals surface area contributed by atoms with Gasteiger partial charge in [-0.15, -0.1) is 6.58 Å². The number of allylic oxidation sites excluding steroid dienone is 1. The smallest absolute Gasteiger partial charge is 0.262 e. The summed E-state index contributed by atoms with van der Waals surface area (Å²) in [5.41, 5.74) is 0.442. The largest absolute Gasteiger partial charge is 0.360 e. The van der Waals surface area contributed by atoms with Crippen molar-refractivity contribution in [1.29, 1.82) is 0 Å². The van der Waals surface area contributed by atoms with Crippen LogP contribution < -0.4 is 10.9 Å². The average Bonchev–Trinajstić information content (AvgIpc) is 3.03. The van der Waals surface area contributed by atoms with Crippen LogP contribution >= 0.6 is 11.8 Å². The van der Waals surface area contributed by atoms with Gasteiger partial charge < -0.3 is 9.84 Å². The van der Waals surface area contributed by atoms with Gasteiger partial charge in [0.2, 0.25) is 5.91 Å². The van der Waals surface area contributed by atoms with Gasteiger partial charge in [0, 0.05) is 12.6 Å². The number of nitrogens with zero attached hydrogens (tertiary/aromatic N) is 3. The number of amides is 1. The van der Waals surface area contributed by atoms with E-state index in [1.165, 1.54) is 16.3 Å². The van der Waals surface area contributed by atoms with Crippen molar-refractivity contribution in [3.05, 3.63) is 59.1 Å². The summed E-state index contributed by atoms with van der Waals surface area (Å²) in [6, 6.07) is 8.78. The van der Waals surface area contributed by atoms with Crippen LogP contribution in [0.2, 0.25) is 0 Å². The van der Waals surface area contributed by atoms with Crippen molar-refractivity contribution in [3.63, 3.8) is 0 Å². The Morgan fingerprint density at radius 1 is 1.46 bits per heavy atom. The van der Waals surface area contributed by atoms with Gasteiger partial charge in [0.15, 0.2) is 11.0 Å². The van der Waals surface area contributed by atoms with Gasteiger partial charge in [-0.1, -0.05) is 35.1 Å². The highest BCUT2D eigenvalue weighted by molar-refractivity contribution is 8.00. The van der Waals surface area contributed by atoms with Crippen LogP contribution in [0, 0.1) is 6.92 Å². The van der Waals surface area contributed by atoms with Crippen LogP contribution in [0.5, 0.6) is 0 Å². The molecule has 0 saturated heterocycles. The Morgan fingerprint density at radius 3 is 2.92 bits per heavy atom. The summed E-state index contributed by atoms with van der Waals surface area (Å²) >= 11 is 1.21. The highest BCUT2D eigenvalue weighted by Gasteiger charge is 2.20. The predicted octanol–water partition coefficient (Wildman–Crippen LogP) is 3.00. The number of para-hydroxylation sites is 1. The monoisotopic (exact) mass is 370 g/mol. The van der Waals surface area contributed by atoms with Gasteiger partial charge in [-0.2, -0.15) is 0 Å². The molecule has 134 valence electrons. The molecule has 0 saturated carbocycles. The molecule has 0 aliphatic rings. The van der Waals surface area contributed by atoms with Crippen LogP contribution in [-0.2, 0) is 11.3 Å². The number of benzene rings is 1. The SMILES string of the molecule is C=CCn1c(SC(C)C(=O)Nc2cc(C)on2)nc2ccccc2c1=O. The third-order valence-electron chi connectivity index (χ3n) is 3.67. The molecule has 1 atom stereocenters. The number of carbonyl (C=O) groups is 1. The van der Waals surface area contributed by atoms with Crippen LogP contribution in [0.25, 0.3) is 10.9 Å². The molecule has 0 radical (unpaired) electrons. The van der Waals surface area contributed by atoms with Gasteiger partial charge in [-0.25, -0.2) is 4.98 Å². The molecule has 3 aromatic rings. The summed E-state index contributed by atoms with van der Waals surface area (Å²) < 4.78 is 6.46. The topological polar surface area (TPSA) is 90.0 Å². The number of rotatable bonds is 6. The molecule has 8 heteroatoms. The van der Waals surface area contributed by atoms with E-state index in [1.807, 2.05) is 6.07 Å². The molecule has 1 aromatic carbocycles. The highest BCUT2D eigenvalue weighted by Crippen LogP contribution is 2.23. The predicted molar refractivity (Wildman–Crippen MR) is 101 cm³/mol. The number of anilines is 1. The van der Waals surface area contributed by atoms with Crippen LogP contribution in [0.1, 0.15) is 12.7 Å². The molecule has 3 rings (SSSR count). The first-order chi connectivity index (χ1) is 12.5. The normalized spacial score (nSPS) is 12.1. The Morgan fingerprint density at radius 2 is 2.23 bits per heavy atom. The maximum Gasteiger partial charge on any atom is 0.262 e. The third kappa shape index (κ3) is 3.70. The van der Waals surface area contributed by atoms with Crippen molar-refractivity contribution in [2.75, 3.05) is 5.32 Å². The van der Waals surface area contributed by atoms with Crippen LogP contribution in [0.3, 0.4) is 0 Å². The van der Waals surface area contributed by atoms with E-state index in [0.29, 0.717) is 34.2 Å². The number of hydrogen-bond donors (Lipinski definition) is 1. The number of aryl methyl sites for hydroxylation is 1. The molecule has 1 N–H and O–H groups in total. The van der Waals surface area contributed by atoms with Gasteiger partial charge in [0.25, 0.3) is 5.56 Å². The van der Waals surface area contributed by atoms with E-state index < -0.39 is 5.25 Å². The van der Waals surface area contributed by atoms with E-state index in [9.17, 15) is 9.59 Å². The lowest BCUT2D eigenvalue weighted by Crippen LogP contribution is -2.26. The van der Waals surface area contributed by atoms with E-state index in [-0.39, 0.29) is 11.5 Å². The van der Waals surface area contributed by atoms with Crippen molar-refractivity contribution in [3.8, 4) is 0 Å². The number of nitrogens with one attached hydrogen (secondary N) is 1. The number of carbonyl (C=O) groups excluding carboxylic acids is 1. The van der Waals surface area contributed by atoms with E-state index >= 15 is 0 Å². The molecule has 0 aliphatic heterocycles. The second kappa shape index (κ2) is 7.57. The fourth-order valence-corrected chi connectivity index (χ4v) is 3.31. The summed E-state index contributed by atoms with van der Waals surface area (Å²) in [5, 5.41) is 6.94. The Balaban J connectivity index is 1.89. The summed E-state index contributed by atoms with van der Waals surface area (Å²) in [6.07, 6.45) is 1.63. The zero-order chi connectivity index (χ0) is 18.7. The molecular formula is C18H18N4O3S. The standard InChI is InChI=1S/C18H18N4O3S/c1-4-9-22-17(24)13-7-5-6-8-14(13)19-18(22)26-12(3)16(23)20-15-10-11(2)25-21-15/h4-8,10,12H,1,9H2,2-3H3,(H,20,21,23). The minimum atomic E-state index is -0.490. The Labute approximate surface area is 154 Å². The maximum atomic E-state index is 12.7. The molecule has 1 amide bonds. The molecule has 0 aliphatic carbocycles. The molecule has 0 bridgehead atoms. The molecular weight excluding hydrogens is 352 g/mol. The van der Waals surface area contributed by atoms with Crippen molar-refractivity contribution < 1.29 is 9.32 Å². The number of aromatic nitrogens is 3. The lowest BCUT2D eigenvalue weighted by Gasteiger charge is -2.14. The molecule has 0 fully saturated rings. The van der Waals surface area contributed by atoms with E-state index in [1.54, 1.807) is 44.2 Å². The minimum Gasteiger partial charge on any atom is -0.360 e. The molecule has 0 spiro atoms.